The third kappa shape index (κ3) is 6.50. The highest BCUT2D eigenvalue weighted by molar-refractivity contribution is 7.89. The zero-order valence-corrected chi connectivity index (χ0v) is 19.2. The summed E-state index contributed by atoms with van der Waals surface area (Å²) in [4.78, 5) is 12.6. The number of hydrogen-bond acceptors (Lipinski definition) is 4. The quantitative estimate of drug-likeness (QED) is 0.376. The van der Waals surface area contributed by atoms with Gasteiger partial charge in [0.2, 0.25) is 10.0 Å². The summed E-state index contributed by atoms with van der Waals surface area (Å²) < 4.78 is 27.5. The Labute approximate surface area is 193 Å². The van der Waals surface area contributed by atoms with Gasteiger partial charge >= 0.3 is 0 Å². The highest BCUT2D eigenvalue weighted by atomic mass is 35.5. The van der Waals surface area contributed by atoms with E-state index in [-0.39, 0.29) is 18.0 Å². The fourth-order valence-corrected chi connectivity index (χ4v) is 4.51. The summed E-state index contributed by atoms with van der Waals surface area (Å²) in [6.45, 7) is 1.71. The fourth-order valence-electron chi connectivity index (χ4n) is 2.97. The average molecular weight is 470 g/mol. The Kier molecular flexibility index (Phi) is 8.16. The van der Waals surface area contributed by atoms with Crippen molar-refractivity contribution in [3.63, 3.8) is 0 Å². The number of rotatable bonds is 9. The lowest BCUT2D eigenvalue weighted by molar-refractivity contribution is -0.121. The molecule has 0 fully saturated rings. The normalized spacial score (nSPS) is 11.7. The van der Waals surface area contributed by atoms with E-state index in [1.807, 2.05) is 24.3 Å². The van der Waals surface area contributed by atoms with E-state index >= 15 is 0 Å². The fraction of sp³-hybridized carbons (Fsp3) is 0.167. The van der Waals surface area contributed by atoms with Gasteiger partial charge in [-0.3, -0.25) is 4.79 Å². The molecule has 0 aromatic heterocycles. The van der Waals surface area contributed by atoms with E-state index in [0.717, 1.165) is 16.3 Å². The van der Waals surface area contributed by atoms with Crippen molar-refractivity contribution in [3.05, 3.63) is 101 Å². The van der Waals surface area contributed by atoms with Crippen molar-refractivity contribution in [3.8, 4) is 0 Å². The first-order chi connectivity index (χ1) is 15.4. The van der Waals surface area contributed by atoms with E-state index in [9.17, 15) is 13.2 Å². The molecule has 1 N–H and O–H groups in total. The summed E-state index contributed by atoms with van der Waals surface area (Å²) in [5.41, 5.74) is 5.16. The van der Waals surface area contributed by atoms with Crippen LogP contribution in [-0.2, 0) is 27.8 Å². The van der Waals surface area contributed by atoms with Gasteiger partial charge in [0.25, 0.3) is 5.91 Å². The molecule has 0 saturated heterocycles. The molecule has 8 heteroatoms. The molecule has 0 aliphatic heterocycles. The van der Waals surface area contributed by atoms with Crippen molar-refractivity contribution < 1.29 is 13.2 Å². The molecule has 0 heterocycles. The van der Waals surface area contributed by atoms with Crippen LogP contribution in [0.3, 0.4) is 0 Å². The van der Waals surface area contributed by atoms with Crippen molar-refractivity contribution in [2.45, 2.75) is 24.8 Å². The molecule has 0 radical (unpaired) electrons. The molecule has 6 nitrogen and oxygen atoms in total. The molecule has 0 aliphatic rings. The maximum atomic E-state index is 13.2. The van der Waals surface area contributed by atoms with Crippen molar-refractivity contribution in [1.82, 2.24) is 9.73 Å². The standard InChI is InChI=1S/C24H24ClN3O3S/c1-2-19-8-10-20(11-9-19)16-26-27-24(29)18-28(17-21-12-14-22(25)15-13-21)32(30,31)23-6-4-3-5-7-23/h3-16H,2,17-18H2,1H3,(H,27,29)/b26-16-. The maximum absolute atomic E-state index is 13.2. The SMILES string of the molecule is CCc1ccc(/C=N\NC(=O)CN(Cc2ccc(Cl)cc2)S(=O)(=O)c2ccccc2)cc1. The van der Waals surface area contributed by atoms with Crippen LogP contribution in [0.4, 0.5) is 0 Å². The summed E-state index contributed by atoms with van der Waals surface area (Å²) >= 11 is 5.93. The van der Waals surface area contributed by atoms with Gasteiger partial charge < -0.3 is 0 Å². The second-order valence-electron chi connectivity index (χ2n) is 7.10. The Bertz CT molecular complexity index is 1160. The molecule has 0 atom stereocenters. The van der Waals surface area contributed by atoms with Gasteiger partial charge in [0.15, 0.2) is 0 Å². The Morgan fingerprint density at radius 3 is 2.22 bits per heavy atom. The average Bonchev–Trinajstić information content (AvgIpc) is 2.81. The predicted molar refractivity (Wildman–Crippen MR) is 127 cm³/mol. The molecule has 3 rings (SSSR count). The number of nitrogens with one attached hydrogen (secondary N) is 1. The van der Waals surface area contributed by atoms with Gasteiger partial charge in [0.1, 0.15) is 0 Å². The molecular formula is C24H24ClN3O3S. The number of nitrogens with zero attached hydrogens (tertiary/aromatic N) is 2. The van der Waals surface area contributed by atoms with Gasteiger partial charge in [0, 0.05) is 11.6 Å². The number of hydrogen-bond donors (Lipinski definition) is 1. The topological polar surface area (TPSA) is 78.8 Å². The van der Waals surface area contributed by atoms with E-state index in [4.69, 9.17) is 11.6 Å². The highest BCUT2D eigenvalue weighted by Crippen LogP contribution is 2.19. The Morgan fingerprint density at radius 2 is 1.59 bits per heavy atom. The lowest BCUT2D eigenvalue weighted by Gasteiger charge is -2.21. The van der Waals surface area contributed by atoms with Crippen LogP contribution in [-0.4, -0.2) is 31.4 Å². The van der Waals surface area contributed by atoms with Crippen molar-refractivity contribution >= 4 is 33.7 Å². The highest BCUT2D eigenvalue weighted by Gasteiger charge is 2.26. The summed E-state index contributed by atoms with van der Waals surface area (Å²) in [5.74, 6) is -0.542. The molecular weight excluding hydrogens is 446 g/mol. The van der Waals surface area contributed by atoms with E-state index in [2.05, 4.69) is 17.5 Å². The van der Waals surface area contributed by atoms with E-state index in [1.54, 1.807) is 42.5 Å². The molecule has 0 spiro atoms. The molecule has 3 aromatic carbocycles. The lowest BCUT2D eigenvalue weighted by Crippen LogP contribution is -2.39. The lowest BCUT2D eigenvalue weighted by atomic mass is 10.1. The number of hydrazone groups is 1. The molecule has 0 bridgehead atoms. The van der Waals surface area contributed by atoms with Crippen LogP contribution in [0.2, 0.25) is 5.02 Å². The zero-order valence-electron chi connectivity index (χ0n) is 17.6. The largest absolute Gasteiger partial charge is 0.272 e. The Balaban J connectivity index is 1.74. The Morgan fingerprint density at radius 1 is 0.969 bits per heavy atom. The van der Waals surface area contributed by atoms with Gasteiger partial charge in [-0.2, -0.15) is 9.41 Å². The van der Waals surface area contributed by atoms with Crippen molar-refractivity contribution in [2.75, 3.05) is 6.54 Å². The number of carbonyl (C=O) groups is 1. The number of carbonyl (C=O) groups excluding carboxylic acids is 1. The molecule has 166 valence electrons. The van der Waals surface area contributed by atoms with Gasteiger partial charge in [-0.25, -0.2) is 13.8 Å². The monoisotopic (exact) mass is 469 g/mol. The summed E-state index contributed by atoms with van der Waals surface area (Å²) in [5, 5.41) is 4.51. The predicted octanol–water partition coefficient (Wildman–Crippen LogP) is 4.24. The molecule has 0 aliphatic carbocycles. The number of aryl methyl sites for hydroxylation is 1. The summed E-state index contributed by atoms with van der Waals surface area (Å²) in [7, 11) is -3.90. The minimum Gasteiger partial charge on any atom is -0.272 e. The van der Waals surface area contributed by atoms with Crippen LogP contribution in [0, 0.1) is 0 Å². The van der Waals surface area contributed by atoms with Crippen molar-refractivity contribution in [2.24, 2.45) is 5.10 Å². The molecule has 0 saturated carbocycles. The first-order valence-electron chi connectivity index (χ1n) is 10.1. The molecule has 32 heavy (non-hydrogen) atoms. The van der Waals surface area contributed by atoms with Crippen LogP contribution < -0.4 is 5.43 Å². The zero-order chi connectivity index (χ0) is 23.0. The van der Waals surface area contributed by atoms with Crippen molar-refractivity contribution in [1.29, 1.82) is 0 Å². The smallest absolute Gasteiger partial charge is 0.255 e. The van der Waals surface area contributed by atoms with E-state index in [0.29, 0.717) is 10.6 Å². The van der Waals surface area contributed by atoms with Gasteiger partial charge in [-0.1, -0.05) is 73.1 Å². The minimum absolute atomic E-state index is 0.0179. The van der Waals surface area contributed by atoms with E-state index in [1.165, 1.54) is 23.9 Å². The van der Waals surface area contributed by atoms with Crippen LogP contribution in [0.1, 0.15) is 23.6 Å². The van der Waals surface area contributed by atoms with Gasteiger partial charge in [-0.15, -0.1) is 0 Å². The Hall–Kier alpha value is -3.00. The van der Waals surface area contributed by atoms with Crippen LogP contribution >= 0.6 is 11.6 Å². The van der Waals surface area contributed by atoms with Crippen LogP contribution in [0.15, 0.2) is 88.9 Å². The minimum atomic E-state index is -3.90. The summed E-state index contributed by atoms with van der Waals surface area (Å²) in [6.07, 6.45) is 2.46. The third-order valence-electron chi connectivity index (χ3n) is 4.76. The van der Waals surface area contributed by atoms with Gasteiger partial charge in [0.05, 0.1) is 17.7 Å². The summed E-state index contributed by atoms with van der Waals surface area (Å²) in [6, 6.07) is 22.6. The molecule has 3 aromatic rings. The number of halogens is 1. The molecule has 0 unspecified atom stereocenters. The maximum Gasteiger partial charge on any atom is 0.255 e. The van der Waals surface area contributed by atoms with Crippen LogP contribution in [0.25, 0.3) is 0 Å². The second kappa shape index (κ2) is 11.0. The number of sulfonamides is 1. The second-order valence-corrected chi connectivity index (χ2v) is 9.48. The van der Waals surface area contributed by atoms with E-state index < -0.39 is 15.9 Å². The first-order valence-corrected chi connectivity index (χ1v) is 11.9. The third-order valence-corrected chi connectivity index (χ3v) is 6.82. The number of benzene rings is 3. The van der Waals surface area contributed by atoms with Gasteiger partial charge in [-0.05, 0) is 47.4 Å². The molecule has 1 amide bonds. The first kappa shape index (κ1) is 23.7. The van der Waals surface area contributed by atoms with Crippen LogP contribution in [0.5, 0.6) is 0 Å². The number of amides is 1.